The van der Waals surface area contributed by atoms with Crippen molar-refractivity contribution in [2.45, 2.75) is 54.9 Å². The van der Waals surface area contributed by atoms with Crippen molar-refractivity contribution in [1.29, 1.82) is 0 Å². The summed E-state index contributed by atoms with van der Waals surface area (Å²) < 4.78 is 5.18. The molecule has 0 N–H and O–H groups in total. The molecule has 0 bridgehead atoms. The van der Waals surface area contributed by atoms with E-state index in [1.54, 1.807) is 7.11 Å². The van der Waals surface area contributed by atoms with Gasteiger partial charge in [-0.25, -0.2) is 0 Å². The Morgan fingerprint density at radius 2 is 1.27 bits per heavy atom. The molecule has 0 spiro atoms. The van der Waals surface area contributed by atoms with Crippen LogP contribution in [0.25, 0.3) is 0 Å². The normalized spacial score (nSPS) is 8.62. The van der Waals surface area contributed by atoms with Gasteiger partial charge >= 0.3 is 0 Å². The summed E-state index contributed by atoms with van der Waals surface area (Å²) in [5.74, 6) is 1.00. The van der Waals surface area contributed by atoms with Crippen molar-refractivity contribution in [3.8, 4) is 5.75 Å². The van der Waals surface area contributed by atoms with E-state index >= 15 is 0 Å². The van der Waals surface area contributed by atoms with Crippen LogP contribution < -0.4 is 4.74 Å². The Morgan fingerprint density at radius 3 is 1.54 bits per heavy atom. The van der Waals surface area contributed by atoms with E-state index in [9.17, 15) is 4.79 Å². The van der Waals surface area contributed by atoms with Gasteiger partial charge in [0.1, 0.15) is 18.8 Å². The largest absolute Gasteiger partial charge is 0.496 e. The minimum Gasteiger partial charge on any atom is -0.496 e. The van der Waals surface area contributed by atoms with Gasteiger partial charge in [-0.05, 0) is 69.4 Å². The average Bonchev–Trinajstić information content (AvgIpc) is 2.62. The van der Waals surface area contributed by atoms with E-state index in [1.807, 2.05) is 45.8 Å². The van der Waals surface area contributed by atoms with Gasteiger partial charge in [0, 0.05) is 6.42 Å². The number of benzene rings is 2. The molecule has 0 aliphatic heterocycles. The molecule has 2 aromatic carbocycles. The second kappa shape index (κ2) is 14.9. The molecule has 2 rings (SSSR count). The highest BCUT2D eigenvalue weighted by molar-refractivity contribution is 5.48. The van der Waals surface area contributed by atoms with Crippen LogP contribution in [-0.4, -0.2) is 20.2 Å². The van der Waals surface area contributed by atoms with Crippen molar-refractivity contribution in [3.05, 3.63) is 63.7 Å². The summed E-state index contributed by atoms with van der Waals surface area (Å²) in [6.07, 6.45) is 1.51. The van der Waals surface area contributed by atoms with Crippen LogP contribution in [-0.2, 0) is 9.59 Å². The van der Waals surface area contributed by atoms with Gasteiger partial charge in [-0.15, -0.1) is 0 Å². The zero-order valence-corrected chi connectivity index (χ0v) is 17.6. The predicted molar refractivity (Wildman–Crippen MR) is 111 cm³/mol. The molecule has 26 heavy (non-hydrogen) atoms. The van der Waals surface area contributed by atoms with E-state index < -0.39 is 0 Å². The van der Waals surface area contributed by atoms with E-state index in [2.05, 4.69) is 39.8 Å². The van der Waals surface area contributed by atoms with Crippen LogP contribution in [0.3, 0.4) is 0 Å². The average molecular weight is 359 g/mol. The maximum atomic E-state index is 9.17. The first-order valence-electron chi connectivity index (χ1n) is 8.65. The molecule has 2 aromatic rings. The van der Waals surface area contributed by atoms with Crippen molar-refractivity contribution in [1.82, 2.24) is 0 Å². The number of methoxy groups -OCH3 is 1. The highest BCUT2D eigenvalue weighted by Gasteiger charge is 1.98. The molecule has 0 unspecified atom stereocenters. The Balaban J connectivity index is 0. The fourth-order valence-corrected chi connectivity index (χ4v) is 2.37. The summed E-state index contributed by atoms with van der Waals surface area (Å²) in [7, 11) is 1.70. The quantitative estimate of drug-likeness (QED) is 0.652. The summed E-state index contributed by atoms with van der Waals surface area (Å²) in [6, 6.07) is 10.6. The molecule has 0 fully saturated rings. The van der Waals surface area contributed by atoms with Crippen LogP contribution >= 0.6 is 0 Å². The molecule has 0 atom stereocenters. The van der Waals surface area contributed by atoms with Crippen molar-refractivity contribution < 1.29 is 14.3 Å². The lowest BCUT2D eigenvalue weighted by molar-refractivity contribution is -0.107. The molecule has 0 aliphatic rings. The fraction of sp³-hybridized carbons (Fsp3) is 0.391. The first-order chi connectivity index (χ1) is 12.3. The van der Waals surface area contributed by atoms with Crippen LogP contribution in [0.5, 0.6) is 5.75 Å². The van der Waals surface area contributed by atoms with Crippen LogP contribution in [0, 0.1) is 41.5 Å². The minimum absolute atomic E-state index is 0.639. The Kier molecular flexibility index (Phi) is 14.8. The second-order valence-corrected chi connectivity index (χ2v) is 6.02. The van der Waals surface area contributed by atoms with Crippen molar-refractivity contribution in [3.63, 3.8) is 0 Å². The zero-order valence-electron chi connectivity index (χ0n) is 17.6. The van der Waals surface area contributed by atoms with Crippen molar-refractivity contribution >= 4 is 13.1 Å². The monoisotopic (exact) mass is 358 g/mol. The van der Waals surface area contributed by atoms with Gasteiger partial charge in [-0.1, -0.05) is 42.8 Å². The number of rotatable bonds is 2. The van der Waals surface area contributed by atoms with Crippen LogP contribution in [0.2, 0.25) is 0 Å². The Morgan fingerprint density at radius 1 is 0.885 bits per heavy atom. The third kappa shape index (κ3) is 9.77. The molecule has 0 saturated heterocycles. The molecule has 144 valence electrons. The summed E-state index contributed by atoms with van der Waals surface area (Å²) >= 11 is 0. The highest BCUT2D eigenvalue weighted by Crippen LogP contribution is 2.21. The van der Waals surface area contributed by atoms with Gasteiger partial charge in [-0.2, -0.15) is 0 Å². The lowest BCUT2D eigenvalue weighted by Gasteiger charge is -2.06. The second-order valence-electron chi connectivity index (χ2n) is 6.02. The van der Waals surface area contributed by atoms with Gasteiger partial charge in [0.15, 0.2) is 0 Å². The minimum atomic E-state index is 0.639. The first kappa shape index (κ1) is 25.8. The number of hydrogen-bond acceptors (Lipinski definition) is 3. The standard InChI is InChI=1S/C10H14.C9H12O.C3H6O.CH2O/c1-7-5-8(2)10(4)9(3)6-7;1-7-5-4-6-8(2)9(7)10-3;1-2-3-4;1-2/h5-6H,1-4H3;4-6H,1-3H3;3H,2H2,1H3;1H2. The summed E-state index contributed by atoms with van der Waals surface area (Å²) in [6.45, 7) is 16.5. The van der Waals surface area contributed by atoms with E-state index in [1.165, 1.54) is 33.4 Å². The maximum absolute atomic E-state index is 9.17. The smallest absolute Gasteiger partial charge is 0.124 e. The SMILES string of the molecule is C=O.CCC=O.COc1c(C)cccc1C.Cc1cc(C)c(C)c(C)c1. The number of aldehydes is 1. The summed E-state index contributed by atoms with van der Waals surface area (Å²) in [5.41, 5.74) is 7.98. The molecule has 0 radical (unpaired) electrons. The number of aryl methyl sites for hydroxylation is 5. The van der Waals surface area contributed by atoms with Gasteiger partial charge in [0.25, 0.3) is 0 Å². The van der Waals surface area contributed by atoms with Crippen LogP contribution in [0.4, 0.5) is 0 Å². The topological polar surface area (TPSA) is 43.4 Å². The van der Waals surface area contributed by atoms with E-state index in [0.717, 1.165) is 12.0 Å². The van der Waals surface area contributed by atoms with Crippen molar-refractivity contribution in [2.24, 2.45) is 0 Å². The molecule has 0 heterocycles. The molecular weight excluding hydrogens is 324 g/mol. The Bertz CT molecular complexity index is 617. The molecule has 3 heteroatoms. The van der Waals surface area contributed by atoms with Gasteiger partial charge in [0.2, 0.25) is 0 Å². The fourth-order valence-electron chi connectivity index (χ4n) is 2.37. The van der Waals surface area contributed by atoms with Gasteiger partial charge < -0.3 is 14.3 Å². The highest BCUT2D eigenvalue weighted by atomic mass is 16.5. The van der Waals surface area contributed by atoms with E-state index in [0.29, 0.717) is 6.42 Å². The van der Waals surface area contributed by atoms with Crippen molar-refractivity contribution in [2.75, 3.05) is 7.11 Å². The predicted octanol–water partition coefficient (Wildman–Crippen LogP) is 5.64. The van der Waals surface area contributed by atoms with E-state index in [-0.39, 0.29) is 0 Å². The first-order valence-corrected chi connectivity index (χ1v) is 8.65. The third-order valence-electron chi connectivity index (χ3n) is 3.85. The molecule has 0 aliphatic carbocycles. The molecule has 0 aromatic heterocycles. The van der Waals surface area contributed by atoms with Gasteiger partial charge in [-0.3, -0.25) is 0 Å². The summed E-state index contributed by atoms with van der Waals surface area (Å²) in [4.78, 5) is 17.2. The number of carbonyl (C=O) groups excluding carboxylic acids is 2. The molecular formula is C23H34O3. The zero-order chi connectivity index (χ0) is 20.7. The number of hydrogen-bond donors (Lipinski definition) is 0. The number of para-hydroxylation sites is 1. The molecule has 0 saturated carbocycles. The van der Waals surface area contributed by atoms with E-state index in [4.69, 9.17) is 9.53 Å². The lowest BCUT2D eigenvalue weighted by atomic mass is 10.0. The molecule has 0 amide bonds. The Hall–Kier alpha value is -2.42. The van der Waals surface area contributed by atoms with Crippen LogP contribution in [0.1, 0.15) is 46.7 Å². The number of ether oxygens (including phenoxy) is 1. The third-order valence-corrected chi connectivity index (χ3v) is 3.85. The molecule has 3 nitrogen and oxygen atoms in total. The lowest BCUT2D eigenvalue weighted by Crippen LogP contribution is -1.89. The Labute approximate surface area is 159 Å². The maximum Gasteiger partial charge on any atom is 0.124 e. The van der Waals surface area contributed by atoms with Crippen LogP contribution in [0.15, 0.2) is 30.3 Å². The number of carbonyl (C=O) groups is 2. The van der Waals surface area contributed by atoms with Gasteiger partial charge in [0.05, 0.1) is 7.11 Å². The summed E-state index contributed by atoms with van der Waals surface area (Å²) in [5, 5.41) is 0.